The molecule has 124 valence electrons. The molecule has 6 nitrogen and oxygen atoms in total. The lowest BCUT2D eigenvalue weighted by Crippen LogP contribution is -2.45. The number of cyclic esters (lactones) is 1. The number of Topliss-reactive ketones (excluding diaryl/α,β-unsaturated/α-hetero) is 2. The zero-order valence-electron chi connectivity index (χ0n) is 13.4. The number of ketones is 2. The summed E-state index contributed by atoms with van der Waals surface area (Å²) in [4.78, 5) is 45.1. The summed E-state index contributed by atoms with van der Waals surface area (Å²) in [6, 6.07) is 0. The van der Waals surface area contributed by atoms with Gasteiger partial charge in [0, 0.05) is 19.3 Å². The van der Waals surface area contributed by atoms with Crippen molar-refractivity contribution < 1.29 is 23.9 Å². The maximum atomic E-state index is 11.7. The lowest BCUT2D eigenvalue weighted by atomic mass is 9.92. The van der Waals surface area contributed by atoms with Gasteiger partial charge < -0.3 is 14.8 Å². The molecule has 1 N–H and O–H groups in total. The number of rotatable bonds is 11. The molecule has 1 aliphatic rings. The molecule has 1 heterocycles. The Balaban J connectivity index is 2.02. The fourth-order valence-corrected chi connectivity index (χ4v) is 2.34. The van der Waals surface area contributed by atoms with E-state index in [0.717, 1.165) is 25.7 Å². The largest absolute Gasteiger partial charge is 0.461 e. The Morgan fingerprint density at radius 3 is 2.27 bits per heavy atom. The van der Waals surface area contributed by atoms with Gasteiger partial charge in [0.1, 0.15) is 17.8 Å². The Morgan fingerprint density at radius 2 is 1.73 bits per heavy atom. The topological polar surface area (TPSA) is 89.5 Å². The Morgan fingerprint density at radius 1 is 1.09 bits per heavy atom. The number of carbonyl (C=O) groups excluding carboxylic acids is 4. The highest BCUT2D eigenvalue weighted by atomic mass is 16.6. The second kappa shape index (κ2) is 9.33. The van der Waals surface area contributed by atoms with Gasteiger partial charge in [-0.2, -0.15) is 0 Å². The van der Waals surface area contributed by atoms with Gasteiger partial charge in [-0.3, -0.25) is 14.4 Å². The first kappa shape index (κ1) is 18.3. The van der Waals surface area contributed by atoms with Crippen molar-refractivity contribution in [3.05, 3.63) is 0 Å². The van der Waals surface area contributed by atoms with Crippen LogP contribution in [0.3, 0.4) is 0 Å². The molecule has 0 saturated carbocycles. The highest BCUT2D eigenvalue weighted by Crippen LogP contribution is 2.24. The zero-order valence-corrected chi connectivity index (χ0v) is 13.4. The van der Waals surface area contributed by atoms with Crippen molar-refractivity contribution in [1.29, 1.82) is 0 Å². The maximum Gasteiger partial charge on any atom is 0.313 e. The third-order valence-corrected chi connectivity index (χ3v) is 3.78. The molecule has 0 aromatic rings. The molecular weight excluding hydrogens is 286 g/mol. The molecule has 1 rings (SSSR count). The molecular formula is C16H25NO5. The van der Waals surface area contributed by atoms with Crippen LogP contribution in [0.2, 0.25) is 0 Å². The summed E-state index contributed by atoms with van der Waals surface area (Å²) in [5.41, 5.74) is 0. The number of ether oxygens (including phenoxy) is 1. The predicted octanol–water partition coefficient (Wildman–Crippen LogP) is 1.55. The van der Waals surface area contributed by atoms with Gasteiger partial charge in [0.25, 0.3) is 0 Å². The lowest BCUT2D eigenvalue weighted by Gasteiger charge is -2.31. The summed E-state index contributed by atoms with van der Waals surface area (Å²) < 4.78 is 4.78. The van der Waals surface area contributed by atoms with Crippen LogP contribution in [0.4, 0.5) is 0 Å². The van der Waals surface area contributed by atoms with E-state index in [-0.39, 0.29) is 48.4 Å². The summed E-state index contributed by atoms with van der Waals surface area (Å²) in [7, 11) is 0. The highest BCUT2D eigenvalue weighted by Gasteiger charge is 2.40. The molecule has 0 aromatic carbocycles. The molecule has 1 amide bonds. The molecule has 1 saturated heterocycles. The molecule has 0 bridgehead atoms. The van der Waals surface area contributed by atoms with Crippen LogP contribution in [0.15, 0.2) is 0 Å². The van der Waals surface area contributed by atoms with Crippen molar-refractivity contribution in [3.8, 4) is 0 Å². The quantitative estimate of drug-likeness (QED) is 0.462. The smallest absolute Gasteiger partial charge is 0.313 e. The van der Waals surface area contributed by atoms with E-state index in [9.17, 15) is 19.2 Å². The van der Waals surface area contributed by atoms with Crippen LogP contribution in [0, 0.1) is 5.92 Å². The summed E-state index contributed by atoms with van der Waals surface area (Å²) >= 11 is 0. The van der Waals surface area contributed by atoms with E-state index in [2.05, 4.69) is 5.32 Å². The lowest BCUT2D eigenvalue weighted by molar-refractivity contribution is -0.183. The molecule has 1 fully saturated rings. The van der Waals surface area contributed by atoms with E-state index < -0.39 is 0 Å². The summed E-state index contributed by atoms with van der Waals surface area (Å²) in [6.45, 7) is 3.30. The molecule has 0 unspecified atom stereocenters. The first-order valence-corrected chi connectivity index (χ1v) is 7.88. The van der Waals surface area contributed by atoms with Gasteiger partial charge in [-0.05, 0) is 26.7 Å². The summed E-state index contributed by atoms with van der Waals surface area (Å²) in [5.74, 6) is -0.795. The number of unbranched alkanes of at least 4 members (excludes halogenated alkanes) is 3. The molecule has 2 atom stereocenters. The van der Waals surface area contributed by atoms with Gasteiger partial charge in [-0.1, -0.05) is 12.8 Å². The number of nitrogens with one attached hydrogen (secondary N) is 1. The molecule has 1 aliphatic heterocycles. The van der Waals surface area contributed by atoms with Crippen molar-refractivity contribution in [2.45, 2.75) is 64.9 Å². The standard InChI is InChI=1S/C16H25NO5/c1-11(18)7-5-3-4-6-8-15(20)17-10-13(19)9-14-12(2)22-16(14)21/h12,14H,3-10H2,1-2H3,(H,17,20)/t12-,14+/m1/s1. The number of amides is 1. The van der Waals surface area contributed by atoms with E-state index in [0.29, 0.717) is 12.8 Å². The Kier molecular flexibility index (Phi) is 7.77. The summed E-state index contributed by atoms with van der Waals surface area (Å²) in [6.07, 6.45) is 4.37. The van der Waals surface area contributed by atoms with Gasteiger partial charge in [0.15, 0.2) is 5.78 Å². The average molecular weight is 311 g/mol. The van der Waals surface area contributed by atoms with Crippen molar-refractivity contribution in [3.63, 3.8) is 0 Å². The fourth-order valence-electron chi connectivity index (χ4n) is 2.34. The van der Waals surface area contributed by atoms with E-state index in [1.807, 2.05) is 0 Å². The van der Waals surface area contributed by atoms with Crippen molar-refractivity contribution in [2.24, 2.45) is 5.92 Å². The Bertz CT molecular complexity index is 432. The average Bonchev–Trinajstić information content (AvgIpc) is 2.46. The number of carbonyl (C=O) groups is 4. The highest BCUT2D eigenvalue weighted by molar-refractivity contribution is 5.90. The second-order valence-electron chi connectivity index (χ2n) is 5.88. The molecule has 0 aliphatic carbocycles. The van der Waals surface area contributed by atoms with Crippen LogP contribution < -0.4 is 5.32 Å². The first-order valence-electron chi connectivity index (χ1n) is 7.88. The van der Waals surface area contributed by atoms with Crippen LogP contribution in [0.1, 0.15) is 58.8 Å². The van der Waals surface area contributed by atoms with Crippen molar-refractivity contribution >= 4 is 23.4 Å². The second-order valence-corrected chi connectivity index (χ2v) is 5.88. The Hall–Kier alpha value is -1.72. The van der Waals surface area contributed by atoms with Crippen molar-refractivity contribution in [2.75, 3.05) is 6.54 Å². The number of hydrogen-bond acceptors (Lipinski definition) is 5. The van der Waals surface area contributed by atoms with Crippen molar-refractivity contribution in [1.82, 2.24) is 5.32 Å². The SMILES string of the molecule is CC(=O)CCCCCCC(=O)NCC(=O)C[C@@H]1C(=O)O[C@@H]1C. The first-order chi connectivity index (χ1) is 10.4. The molecule has 0 spiro atoms. The maximum absolute atomic E-state index is 11.7. The van der Waals surface area contributed by atoms with E-state index in [1.165, 1.54) is 0 Å². The minimum Gasteiger partial charge on any atom is -0.461 e. The van der Waals surface area contributed by atoms with Gasteiger partial charge in [0.2, 0.25) is 5.91 Å². The third kappa shape index (κ3) is 6.83. The molecule has 22 heavy (non-hydrogen) atoms. The van der Waals surface area contributed by atoms with Crippen LogP contribution in [-0.2, 0) is 23.9 Å². The molecule has 0 radical (unpaired) electrons. The fraction of sp³-hybridized carbons (Fsp3) is 0.750. The Labute approximate surface area is 131 Å². The van der Waals surface area contributed by atoms with E-state index >= 15 is 0 Å². The monoisotopic (exact) mass is 311 g/mol. The van der Waals surface area contributed by atoms with Crippen LogP contribution in [0.5, 0.6) is 0 Å². The van der Waals surface area contributed by atoms with Gasteiger partial charge >= 0.3 is 5.97 Å². The number of hydrogen-bond donors (Lipinski definition) is 1. The predicted molar refractivity (Wildman–Crippen MR) is 80.1 cm³/mol. The van der Waals surface area contributed by atoms with Gasteiger partial charge in [0.05, 0.1) is 6.54 Å². The van der Waals surface area contributed by atoms with E-state index in [1.54, 1.807) is 13.8 Å². The molecule has 0 aromatic heterocycles. The van der Waals surface area contributed by atoms with Crippen LogP contribution >= 0.6 is 0 Å². The minimum atomic E-state index is -0.356. The molecule has 6 heteroatoms. The van der Waals surface area contributed by atoms with Gasteiger partial charge in [-0.25, -0.2) is 0 Å². The van der Waals surface area contributed by atoms with E-state index in [4.69, 9.17) is 4.74 Å². The zero-order chi connectivity index (χ0) is 16.5. The minimum absolute atomic E-state index is 0.0281. The normalized spacial score (nSPS) is 20.0. The van der Waals surface area contributed by atoms with Crippen LogP contribution in [-0.4, -0.2) is 36.1 Å². The van der Waals surface area contributed by atoms with Gasteiger partial charge in [-0.15, -0.1) is 0 Å². The van der Waals surface area contributed by atoms with Crippen LogP contribution in [0.25, 0.3) is 0 Å². The summed E-state index contributed by atoms with van der Waals surface area (Å²) in [5, 5.41) is 2.58. The third-order valence-electron chi connectivity index (χ3n) is 3.78. The number of esters is 1.